The minimum Gasteiger partial charge on any atom is -0.481 e. The van der Waals surface area contributed by atoms with Gasteiger partial charge >= 0.3 is 17.9 Å². The van der Waals surface area contributed by atoms with E-state index >= 15 is 0 Å². The van der Waals surface area contributed by atoms with Crippen LogP contribution in [0.5, 0.6) is 0 Å². The van der Waals surface area contributed by atoms with Gasteiger partial charge in [-0.3, -0.25) is 9.59 Å². The van der Waals surface area contributed by atoms with Gasteiger partial charge in [0.15, 0.2) is 5.92 Å². The van der Waals surface area contributed by atoms with Crippen LogP contribution in [-0.2, 0) is 19.1 Å². The van der Waals surface area contributed by atoms with Crippen LogP contribution in [0.2, 0.25) is 0 Å². The van der Waals surface area contributed by atoms with E-state index in [4.69, 9.17) is 10.2 Å². The van der Waals surface area contributed by atoms with Crippen molar-refractivity contribution in [3.05, 3.63) is 0 Å². The first-order valence-electron chi connectivity index (χ1n) is 5.64. The number of carboxylic acid groups (broad SMARTS) is 2. The maximum absolute atomic E-state index is 11.3. The number of carbonyl (C=O) groups excluding carboxylic acids is 1. The second-order valence-corrected chi connectivity index (χ2v) is 4.90. The summed E-state index contributed by atoms with van der Waals surface area (Å²) in [4.78, 5) is 32.7. The summed E-state index contributed by atoms with van der Waals surface area (Å²) in [6.45, 7) is 3.18. The monoisotopic (exact) mass is 278 g/mol. The highest BCUT2D eigenvalue weighted by molar-refractivity contribution is 7.99. The predicted octanol–water partition coefficient (Wildman–Crippen LogP) is 1.24. The Morgan fingerprint density at radius 3 is 2.28 bits per heavy atom. The number of thioether (sulfide) groups is 1. The third-order valence-electron chi connectivity index (χ3n) is 2.17. The van der Waals surface area contributed by atoms with Crippen LogP contribution >= 0.6 is 11.8 Å². The van der Waals surface area contributed by atoms with Crippen molar-refractivity contribution < 1.29 is 29.3 Å². The number of carbonyl (C=O) groups is 3. The Morgan fingerprint density at radius 2 is 1.83 bits per heavy atom. The first-order valence-corrected chi connectivity index (χ1v) is 6.79. The van der Waals surface area contributed by atoms with E-state index in [0.29, 0.717) is 0 Å². The minimum atomic E-state index is -1.35. The fourth-order valence-electron chi connectivity index (χ4n) is 0.936. The van der Waals surface area contributed by atoms with Crippen LogP contribution < -0.4 is 0 Å². The van der Waals surface area contributed by atoms with Gasteiger partial charge in [-0.2, -0.15) is 11.8 Å². The van der Waals surface area contributed by atoms with Crippen LogP contribution in [0, 0.1) is 5.92 Å². The Balaban J connectivity index is 4.23. The molecule has 0 saturated carbocycles. The van der Waals surface area contributed by atoms with Gasteiger partial charge in [0.1, 0.15) is 0 Å². The molecule has 0 fully saturated rings. The molecule has 104 valence electrons. The molecule has 0 aliphatic carbocycles. The van der Waals surface area contributed by atoms with E-state index in [1.54, 1.807) is 0 Å². The average molecular weight is 278 g/mol. The number of rotatable bonds is 9. The summed E-state index contributed by atoms with van der Waals surface area (Å²) >= 11 is 1.37. The lowest BCUT2D eigenvalue weighted by Crippen LogP contribution is -2.33. The molecular weight excluding hydrogens is 260 g/mol. The van der Waals surface area contributed by atoms with Gasteiger partial charge in [0.05, 0.1) is 0 Å². The average Bonchev–Trinajstić information content (AvgIpc) is 2.31. The second-order valence-electron chi connectivity index (χ2n) is 3.75. The van der Waals surface area contributed by atoms with Gasteiger partial charge in [0, 0.05) is 5.75 Å². The molecule has 0 bridgehead atoms. The molecule has 0 rings (SSSR count). The lowest BCUT2D eigenvalue weighted by molar-refractivity contribution is -0.169. The zero-order valence-corrected chi connectivity index (χ0v) is 11.2. The van der Waals surface area contributed by atoms with Gasteiger partial charge in [-0.15, -0.1) is 0 Å². The van der Waals surface area contributed by atoms with Gasteiger partial charge in [0.2, 0.25) is 6.10 Å². The summed E-state index contributed by atoms with van der Waals surface area (Å²) in [7, 11) is 0. The van der Waals surface area contributed by atoms with Crippen molar-refractivity contribution in [1.82, 2.24) is 0 Å². The Morgan fingerprint density at radius 1 is 1.22 bits per heavy atom. The van der Waals surface area contributed by atoms with E-state index in [9.17, 15) is 14.4 Å². The fraction of sp³-hybridized carbons (Fsp3) is 0.727. The van der Waals surface area contributed by atoms with Crippen LogP contribution in [-0.4, -0.2) is 45.7 Å². The summed E-state index contributed by atoms with van der Waals surface area (Å²) in [5, 5.41) is 17.5. The lowest BCUT2D eigenvalue weighted by Gasteiger charge is -2.14. The molecule has 7 heteroatoms. The molecule has 0 saturated heterocycles. The molecule has 0 radical (unpaired) electrons. The molecule has 0 spiro atoms. The van der Waals surface area contributed by atoms with Crippen LogP contribution in [0.3, 0.4) is 0 Å². The quantitative estimate of drug-likeness (QED) is 0.371. The van der Waals surface area contributed by atoms with E-state index in [1.807, 2.05) is 6.92 Å². The van der Waals surface area contributed by atoms with Crippen LogP contribution in [0.25, 0.3) is 0 Å². The second kappa shape index (κ2) is 8.79. The molecule has 0 aromatic rings. The van der Waals surface area contributed by atoms with Gasteiger partial charge < -0.3 is 14.9 Å². The minimum absolute atomic E-state index is 0.132. The first-order chi connectivity index (χ1) is 8.40. The third-order valence-corrected chi connectivity index (χ3v) is 3.29. The van der Waals surface area contributed by atoms with E-state index in [1.165, 1.54) is 11.8 Å². The summed E-state index contributed by atoms with van der Waals surface area (Å²) in [5.74, 6) is -4.05. The number of aliphatic carboxylic acids is 2. The van der Waals surface area contributed by atoms with E-state index in [2.05, 4.69) is 4.74 Å². The standard InChI is InChI=1S/C11H18O6S/c1-3-4-5-18-6-8(10(14)15)17-11(16)7(2)9(12)13/h7-8H,3-6H2,1-2H3,(H,12,13)(H,14,15). The molecular formula is C11H18O6S. The highest BCUT2D eigenvalue weighted by Gasteiger charge is 2.28. The Labute approximate surface area is 110 Å². The third kappa shape index (κ3) is 6.48. The number of hydrogen-bond donors (Lipinski definition) is 2. The SMILES string of the molecule is CCCCSCC(OC(=O)C(C)C(=O)O)C(=O)O. The van der Waals surface area contributed by atoms with E-state index in [-0.39, 0.29) is 5.75 Å². The fourth-order valence-corrected chi connectivity index (χ4v) is 2.02. The number of unbranched alkanes of at least 4 members (excludes halogenated alkanes) is 1. The van der Waals surface area contributed by atoms with Gasteiger partial charge in [-0.25, -0.2) is 4.79 Å². The van der Waals surface area contributed by atoms with Crippen molar-refractivity contribution >= 4 is 29.7 Å². The molecule has 2 N–H and O–H groups in total. The molecule has 0 aliphatic rings. The maximum atomic E-state index is 11.3. The van der Waals surface area contributed by atoms with Gasteiger partial charge in [0.25, 0.3) is 0 Å². The zero-order chi connectivity index (χ0) is 14.1. The highest BCUT2D eigenvalue weighted by Crippen LogP contribution is 2.11. The van der Waals surface area contributed by atoms with Gasteiger partial charge in [-0.05, 0) is 19.1 Å². The summed E-state index contributed by atoms with van der Waals surface area (Å²) in [6.07, 6.45) is 0.665. The smallest absolute Gasteiger partial charge is 0.345 e. The van der Waals surface area contributed by atoms with E-state index in [0.717, 1.165) is 25.5 Å². The summed E-state index contributed by atoms with van der Waals surface area (Å²) in [5.41, 5.74) is 0. The molecule has 0 aliphatic heterocycles. The Kier molecular flexibility index (Phi) is 8.19. The van der Waals surface area contributed by atoms with Crippen LogP contribution in [0.15, 0.2) is 0 Å². The summed E-state index contributed by atoms with van der Waals surface area (Å²) in [6, 6.07) is 0. The first kappa shape index (κ1) is 16.8. The predicted molar refractivity (Wildman–Crippen MR) is 66.5 cm³/mol. The molecule has 0 amide bonds. The number of ether oxygens (including phenoxy) is 1. The topological polar surface area (TPSA) is 101 Å². The van der Waals surface area contributed by atoms with Crippen molar-refractivity contribution in [2.45, 2.75) is 32.8 Å². The summed E-state index contributed by atoms with van der Waals surface area (Å²) < 4.78 is 4.68. The van der Waals surface area contributed by atoms with Crippen molar-refractivity contribution in [3.8, 4) is 0 Å². The molecule has 6 nitrogen and oxygen atoms in total. The molecule has 0 aromatic carbocycles. The van der Waals surface area contributed by atoms with Crippen molar-refractivity contribution in [3.63, 3.8) is 0 Å². The van der Waals surface area contributed by atoms with Crippen molar-refractivity contribution in [2.75, 3.05) is 11.5 Å². The number of hydrogen-bond acceptors (Lipinski definition) is 5. The largest absolute Gasteiger partial charge is 0.481 e. The molecule has 2 unspecified atom stereocenters. The van der Waals surface area contributed by atoms with Gasteiger partial charge in [-0.1, -0.05) is 13.3 Å². The van der Waals surface area contributed by atoms with E-state index < -0.39 is 29.9 Å². The van der Waals surface area contributed by atoms with Crippen LogP contribution in [0.1, 0.15) is 26.7 Å². The maximum Gasteiger partial charge on any atom is 0.345 e. The van der Waals surface area contributed by atoms with Crippen molar-refractivity contribution in [1.29, 1.82) is 0 Å². The highest BCUT2D eigenvalue weighted by atomic mass is 32.2. The molecule has 0 aromatic heterocycles. The van der Waals surface area contributed by atoms with Crippen LogP contribution in [0.4, 0.5) is 0 Å². The normalized spacial score (nSPS) is 13.7. The Bertz CT molecular complexity index is 304. The number of esters is 1. The lowest BCUT2D eigenvalue weighted by atomic mass is 10.2. The van der Waals surface area contributed by atoms with Crippen molar-refractivity contribution in [2.24, 2.45) is 5.92 Å². The zero-order valence-electron chi connectivity index (χ0n) is 10.4. The molecule has 18 heavy (non-hydrogen) atoms. The number of carboxylic acids is 2. The molecule has 0 heterocycles. The Hall–Kier alpha value is -1.24. The molecule has 2 atom stereocenters.